The van der Waals surface area contributed by atoms with Crippen LogP contribution >= 0.6 is 11.8 Å². The van der Waals surface area contributed by atoms with Crippen molar-refractivity contribution >= 4 is 17.7 Å². The molecule has 0 aromatic rings. The van der Waals surface area contributed by atoms with Crippen molar-refractivity contribution in [2.75, 3.05) is 24.7 Å². The summed E-state index contributed by atoms with van der Waals surface area (Å²) in [5.74, 6) is 1.43. The summed E-state index contributed by atoms with van der Waals surface area (Å²) in [6.45, 7) is 7.45. The molecular formula is C12H26N2O2S. The molecule has 17 heavy (non-hydrogen) atoms. The molecule has 5 heteroatoms. The lowest BCUT2D eigenvalue weighted by Gasteiger charge is -2.09. The zero-order valence-electron chi connectivity index (χ0n) is 11.2. The van der Waals surface area contributed by atoms with Gasteiger partial charge < -0.3 is 15.8 Å². The third-order valence-corrected chi connectivity index (χ3v) is 3.31. The standard InChI is InChI=1S/C12H26N2O2S/c1-4-11(13)8-17-9-12(15)14-6-5-7-16-10(2)3/h10-11H,4-9,13H2,1-3H3,(H,14,15). The van der Waals surface area contributed by atoms with Crippen molar-refractivity contribution in [2.45, 2.75) is 45.8 Å². The van der Waals surface area contributed by atoms with Crippen molar-refractivity contribution in [1.29, 1.82) is 0 Å². The van der Waals surface area contributed by atoms with Gasteiger partial charge in [0.1, 0.15) is 0 Å². The molecule has 1 atom stereocenters. The highest BCUT2D eigenvalue weighted by Gasteiger charge is 2.03. The lowest BCUT2D eigenvalue weighted by atomic mass is 10.3. The van der Waals surface area contributed by atoms with Crippen LogP contribution in [-0.2, 0) is 9.53 Å². The van der Waals surface area contributed by atoms with Crippen LogP contribution in [0.4, 0.5) is 0 Å². The summed E-state index contributed by atoms with van der Waals surface area (Å²) in [6, 6.07) is 0.201. The summed E-state index contributed by atoms with van der Waals surface area (Å²) >= 11 is 1.59. The first-order valence-electron chi connectivity index (χ1n) is 6.27. The van der Waals surface area contributed by atoms with E-state index in [1.165, 1.54) is 0 Å². The van der Waals surface area contributed by atoms with E-state index in [1.807, 2.05) is 13.8 Å². The molecule has 3 N–H and O–H groups in total. The van der Waals surface area contributed by atoms with Gasteiger partial charge in [-0.25, -0.2) is 0 Å². The van der Waals surface area contributed by atoms with E-state index in [0.717, 1.165) is 18.6 Å². The monoisotopic (exact) mass is 262 g/mol. The Kier molecular flexibility index (Phi) is 10.7. The number of nitrogens with two attached hydrogens (primary N) is 1. The number of hydrogen-bond acceptors (Lipinski definition) is 4. The van der Waals surface area contributed by atoms with E-state index in [0.29, 0.717) is 18.9 Å². The quantitative estimate of drug-likeness (QED) is 0.584. The molecule has 0 saturated carbocycles. The molecule has 102 valence electrons. The molecule has 4 nitrogen and oxygen atoms in total. The molecular weight excluding hydrogens is 236 g/mol. The maximum absolute atomic E-state index is 11.4. The van der Waals surface area contributed by atoms with Crippen LogP contribution in [0.5, 0.6) is 0 Å². The van der Waals surface area contributed by atoms with Crippen LogP contribution in [-0.4, -0.2) is 42.7 Å². The number of thioether (sulfide) groups is 1. The Bertz CT molecular complexity index is 201. The summed E-state index contributed by atoms with van der Waals surface area (Å²) in [6.07, 6.45) is 2.08. The van der Waals surface area contributed by atoms with Gasteiger partial charge >= 0.3 is 0 Å². The maximum Gasteiger partial charge on any atom is 0.229 e. The molecule has 0 aliphatic heterocycles. The minimum absolute atomic E-state index is 0.0860. The average molecular weight is 262 g/mol. The number of rotatable bonds is 10. The van der Waals surface area contributed by atoms with E-state index in [9.17, 15) is 4.79 Å². The highest BCUT2D eigenvalue weighted by Crippen LogP contribution is 2.03. The van der Waals surface area contributed by atoms with Crippen molar-refractivity contribution in [3.63, 3.8) is 0 Å². The smallest absolute Gasteiger partial charge is 0.229 e. The fraction of sp³-hybridized carbons (Fsp3) is 0.917. The zero-order chi connectivity index (χ0) is 13.1. The molecule has 0 bridgehead atoms. The Labute approximate surface area is 109 Å². The number of ether oxygens (including phenoxy) is 1. The third-order valence-electron chi connectivity index (χ3n) is 2.18. The Morgan fingerprint density at radius 3 is 2.76 bits per heavy atom. The van der Waals surface area contributed by atoms with Gasteiger partial charge in [-0.1, -0.05) is 6.92 Å². The van der Waals surface area contributed by atoms with Crippen molar-refractivity contribution < 1.29 is 9.53 Å². The van der Waals surface area contributed by atoms with Crippen LogP contribution in [0, 0.1) is 0 Å². The molecule has 0 aliphatic carbocycles. The Morgan fingerprint density at radius 2 is 2.18 bits per heavy atom. The first-order chi connectivity index (χ1) is 8.06. The number of amides is 1. The molecule has 1 unspecified atom stereocenters. The molecule has 0 heterocycles. The van der Waals surface area contributed by atoms with Gasteiger partial charge in [0.05, 0.1) is 11.9 Å². The van der Waals surface area contributed by atoms with E-state index in [4.69, 9.17) is 10.5 Å². The number of carbonyl (C=O) groups excluding carboxylic acids is 1. The van der Waals surface area contributed by atoms with Gasteiger partial charge in [0, 0.05) is 24.9 Å². The van der Waals surface area contributed by atoms with Crippen molar-refractivity contribution in [3.05, 3.63) is 0 Å². The van der Waals surface area contributed by atoms with Crippen LogP contribution in [0.25, 0.3) is 0 Å². The highest BCUT2D eigenvalue weighted by atomic mass is 32.2. The Morgan fingerprint density at radius 1 is 1.47 bits per heavy atom. The van der Waals surface area contributed by atoms with E-state index < -0.39 is 0 Å². The van der Waals surface area contributed by atoms with Gasteiger partial charge in [-0.15, -0.1) is 0 Å². The topological polar surface area (TPSA) is 64.4 Å². The van der Waals surface area contributed by atoms with Gasteiger partial charge in [-0.3, -0.25) is 4.79 Å². The zero-order valence-corrected chi connectivity index (χ0v) is 12.0. The first kappa shape index (κ1) is 16.7. The molecule has 0 aliphatic rings. The van der Waals surface area contributed by atoms with E-state index in [1.54, 1.807) is 11.8 Å². The number of nitrogens with one attached hydrogen (secondary N) is 1. The van der Waals surface area contributed by atoms with Crippen LogP contribution in [0.15, 0.2) is 0 Å². The SMILES string of the molecule is CCC(N)CSCC(=O)NCCCOC(C)C. The summed E-state index contributed by atoms with van der Waals surface area (Å²) in [5, 5.41) is 2.87. The van der Waals surface area contributed by atoms with Crippen LogP contribution in [0.2, 0.25) is 0 Å². The summed E-state index contributed by atoms with van der Waals surface area (Å²) in [4.78, 5) is 11.4. The van der Waals surface area contributed by atoms with Crippen molar-refractivity contribution in [1.82, 2.24) is 5.32 Å². The van der Waals surface area contributed by atoms with Gasteiger partial charge in [-0.05, 0) is 26.7 Å². The Balaban J connectivity index is 3.29. The molecule has 0 radical (unpaired) electrons. The van der Waals surface area contributed by atoms with E-state index >= 15 is 0 Å². The Hall–Kier alpha value is -0.260. The van der Waals surface area contributed by atoms with Gasteiger partial charge in [0.15, 0.2) is 0 Å². The molecule has 0 aromatic carbocycles. The van der Waals surface area contributed by atoms with Gasteiger partial charge in [0.2, 0.25) is 5.91 Å². The predicted molar refractivity (Wildman–Crippen MR) is 74.3 cm³/mol. The molecule has 0 fully saturated rings. The normalized spacial score (nSPS) is 12.8. The molecule has 0 saturated heterocycles. The lowest BCUT2D eigenvalue weighted by Crippen LogP contribution is -2.28. The highest BCUT2D eigenvalue weighted by molar-refractivity contribution is 7.99. The summed E-state index contributed by atoms with van der Waals surface area (Å²) in [7, 11) is 0. The summed E-state index contributed by atoms with van der Waals surface area (Å²) in [5.41, 5.74) is 5.76. The van der Waals surface area contributed by atoms with Crippen LogP contribution in [0.1, 0.15) is 33.6 Å². The number of hydrogen-bond donors (Lipinski definition) is 2. The van der Waals surface area contributed by atoms with Gasteiger partial charge in [0.25, 0.3) is 0 Å². The second kappa shape index (κ2) is 10.9. The second-order valence-electron chi connectivity index (χ2n) is 4.31. The second-order valence-corrected chi connectivity index (χ2v) is 5.34. The minimum Gasteiger partial charge on any atom is -0.379 e. The van der Waals surface area contributed by atoms with Crippen molar-refractivity contribution in [2.24, 2.45) is 5.73 Å². The first-order valence-corrected chi connectivity index (χ1v) is 7.43. The van der Waals surface area contributed by atoms with Gasteiger partial charge in [-0.2, -0.15) is 11.8 Å². The molecule has 0 aromatic heterocycles. The largest absolute Gasteiger partial charge is 0.379 e. The van der Waals surface area contributed by atoms with Crippen molar-refractivity contribution in [3.8, 4) is 0 Å². The maximum atomic E-state index is 11.4. The molecule has 0 rings (SSSR count). The van der Waals surface area contributed by atoms with Crippen LogP contribution < -0.4 is 11.1 Å². The lowest BCUT2D eigenvalue weighted by molar-refractivity contribution is -0.118. The minimum atomic E-state index is 0.0860. The fourth-order valence-electron chi connectivity index (χ4n) is 1.09. The third kappa shape index (κ3) is 12.0. The van der Waals surface area contributed by atoms with E-state index in [-0.39, 0.29) is 18.1 Å². The summed E-state index contributed by atoms with van der Waals surface area (Å²) < 4.78 is 5.38. The fourth-order valence-corrected chi connectivity index (χ4v) is 2.03. The molecule has 0 spiro atoms. The van der Waals surface area contributed by atoms with Crippen LogP contribution in [0.3, 0.4) is 0 Å². The molecule has 1 amide bonds. The number of carbonyl (C=O) groups is 1. The average Bonchev–Trinajstić information content (AvgIpc) is 2.27. The van der Waals surface area contributed by atoms with E-state index in [2.05, 4.69) is 12.2 Å². The predicted octanol–water partition coefficient (Wildman–Crippen LogP) is 1.39.